The van der Waals surface area contributed by atoms with Gasteiger partial charge in [0.05, 0.1) is 6.61 Å². The lowest BCUT2D eigenvalue weighted by Gasteiger charge is -2.14. The third kappa shape index (κ3) is 2.96. The van der Waals surface area contributed by atoms with Crippen molar-refractivity contribution in [2.45, 2.75) is 26.3 Å². The molecule has 5 nitrogen and oxygen atoms in total. The van der Waals surface area contributed by atoms with Crippen molar-refractivity contribution in [1.29, 1.82) is 0 Å². The van der Waals surface area contributed by atoms with E-state index in [1.807, 2.05) is 24.4 Å². The summed E-state index contributed by atoms with van der Waals surface area (Å²) in [6.07, 6.45) is 5.69. The molecule has 4 rings (SSSR count). The third-order valence-corrected chi connectivity index (χ3v) is 4.60. The second-order valence-corrected chi connectivity index (χ2v) is 6.38. The molecule has 132 valence electrons. The van der Waals surface area contributed by atoms with Crippen molar-refractivity contribution in [2.75, 3.05) is 6.61 Å². The quantitative estimate of drug-likeness (QED) is 0.677. The van der Waals surface area contributed by atoms with E-state index in [-0.39, 0.29) is 12.2 Å². The highest BCUT2D eigenvalue weighted by Gasteiger charge is 2.24. The lowest BCUT2D eigenvalue weighted by molar-refractivity contribution is 0.0521. The molecule has 3 aromatic rings. The lowest BCUT2D eigenvalue weighted by atomic mass is 9.93. The summed E-state index contributed by atoms with van der Waals surface area (Å²) in [5.74, 6) is -0.0624. The van der Waals surface area contributed by atoms with Gasteiger partial charge in [0, 0.05) is 24.5 Å². The minimum absolute atomic E-state index is 0.0298. The topological polar surface area (TPSA) is 61.4 Å². The summed E-state index contributed by atoms with van der Waals surface area (Å²) in [4.78, 5) is 24.2. The van der Waals surface area contributed by atoms with E-state index in [2.05, 4.69) is 22.9 Å². The van der Waals surface area contributed by atoms with Crippen molar-refractivity contribution in [1.82, 2.24) is 4.57 Å². The van der Waals surface area contributed by atoms with Gasteiger partial charge in [-0.05, 0) is 42.5 Å². The van der Waals surface area contributed by atoms with Crippen LogP contribution in [-0.4, -0.2) is 17.1 Å². The van der Waals surface area contributed by atoms with E-state index in [1.165, 1.54) is 5.56 Å². The maximum absolute atomic E-state index is 12.2. The molecule has 1 aliphatic carbocycles. The van der Waals surface area contributed by atoms with Gasteiger partial charge in [0.15, 0.2) is 0 Å². The van der Waals surface area contributed by atoms with Crippen LogP contribution in [0.25, 0.3) is 11.3 Å². The standard InChI is InChI=1S/C21H19NO4/c1-2-25-20(23)17-10-15-8-9-16-12-22(11-14-6-4-3-5-7-14)13-18(16)19(15)26-21(17)24/h3-7,10,12-13H,2,8-9,11H2,1H3. The number of ether oxygens (including phenoxy) is 1. The molecule has 5 heteroatoms. The molecule has 0 unspecified atom stereocenters. The van der Waals surface area contributed by atoms with Gasteiger partial charge in [-0.3, -0.25) is 0 Å². The summed E-state index contributed by atoms with van der Waals surface area (Å²) in [5.41, 5.74) is 3.48. The first kappa shape index (κ1) is 16.4. The van der Waals surface area contributed by atoms with E-state index in [9.17, 15) is 9.59 Å². The van der Waals surface area contributed by atoms with E-state index >= 15 is 0 Å². The van der Waals surface area contributed by atoms with Crippen LogP contribution >= 0.6 is 0 Å². The van der Waals surface area contributed by atoms with Crippen molar-refractivity contribution < 1.29 is 13.9 Å². The Bertz CT molecular complexity index is 1010. The van der Waals surface area contributed by atoms with Crippen LogP contribution in [-0.2, 0) is 24.1 Å². The van der Waals surface area contributed by atoms with Crippen molar-refractivity contribution in [3.05, 3.63) is 81.5 Å². The van der Waals surface area contributed by atoms with Crippen LogP contribution in [0.5, 0.6) is 0 Å². The second kappa shape index (κ2) is 6.67. The highest BCUT2D eigenvalue weighted by Crippen LogP contribution is 2.34. The summed E-state index contributed by atoms with van der Waals surface area (Å²) < 4.78 is 12.6. The summed E-state index contributed by atoms with van der Waals surface area (Å²) in [6, 6.07) is 11.8. The number of carbonyl (C=O) groups is 1. The van der Waals surface area contributed by atoms with Crippen molar-refractivity contribution >= 4 is 5.97 Å². The van der Waals surface area contributed by atoms with Gasteiger partial charge in [-0.15, -0.1) is 0 Å². The number of benzene rings is 1. The van der Waals surface area contributed by atoms with Crippen LogP contribution in [0.1, 0.15) is 34.0 Å². The number of carbonyl (C=O) groups excluding carboxylic acids is 1. The minimum atomic E-state index is -0.647. The molecular formula is C21H19NO4. The molecule has 26 heavy (non-hydrogen) atoms. The van der Waals surface area contributed by atoms with E-state index in [4.69, 9.17) is 9.15 Å². The van der Waals surface area contributed by atoms with Gasteiger partial charge >= 0.3 is 11.6 Å². The molecule has 0 spiro atoms. The zero-order valence-electron chi connectivity index (χ0n) is 14.5. The van der Waals surface area contributed by atoms with Crippen LogP contribution in [0.2, 0.25) is 0 Å². The predicted octanol–water partition coefficient (Wildman–Crippen LogP) is 3.43. The molecular weight excluding hydrogens is 330 g/mol. The summed E-state index contributed by atoms with van der Waals surface area (Å²) in [5, 5.41) is 0. The molecule has 0 saturated heterocycles. The zero-order valence-corrected chi connectivity index (χ0v) is 14.5. The number of aromatic nitrogens is 1. The largest absolute Gasteiger partial charge is 0.462 e. The van der Waals surface area contributed by atoms with Gasteiger partial charge < -0.3 is 13.7 Å². The average Bonchev–Trinajstić information content (AvgIpc) is 3.05. The van der Waals surface area contributed by atoms with Gasteiger partial charge in [0.25, 0.3) is 0 Å². The van der Waals surface area contributed by atoms with Crippen LogP contribution in [0.4, 0.5) is 0 Å². The molecule has 0 radical (unpaired) electrons. The first-order valence-corrected chi connectivity index (χ1v) is 8.73. The molecule has 2 heterocycles. The highest BCUT2D eigenvalue weighted by molar-refractivity contribution is 5.89. The monoisotopic (exact) mass is 349 g/mol. The van der Waals surface area contributed by atoms with Crippen LogP contribution in [0, 0.1) is 0 Å². The van der Waals surface area contributed by atoms with E-state index in [1.54, 1.807) is 13.0 Å². The Labute approximate surface area is 150 Å². The highest BCUT2D eigenvalue weighted by atomic mass is 16.5. The normalized spacial score (nSPS) is 12.3. The number of nitrogens with zero attached hydrogens (tertiary/aromatic N) is 1. The maximum atomic E-state index is 12.2. The molecule has 2 aromatic heterocycles. The van der Waals surface area contributed by atoms with E-state index in [0.29, 0.717) is 5.76 Å². The Morgan fingerprint density at radius 1 is 1.15 bits per heavy atom. The van der Waals surface area contributed by atoms with Gasteiger partial charge in [-0.25, -0.2) is 9.59 Å². The summed E-state index contributed by atoms with van der Waals surface area (Å²) in [7, 11) is 0. The number of rotatable bonds is 4. The average molecular weight is 349 g/mol. The van der Waals surface area contributed by atoms with Gasteiger partial charge in [0.1, 0.15) is 11.3 Å². The fourth-order valence-electron chi connectivity index (χ4n) is 3.39. The Morgan fingerprint density at radius 3 is 2.69 bits per heavy atom. The molecule has 0 N–H and O–H groups in total. The van der Waals surface area contributed by atoms with Gasteiger partial charge in [-0.1, -0.05) is 30.3 Å². The Kier molecular flexibility index (Phi) is 4.21. The molecule has 0 aliphatic heterocycles. The number of esters is 1. The Hall–Kier alpha value is -3.08. The van der Waals surface area contributed by atoms with Crippen LogP contribution < -0.4 is 5.63 Å². The third-order valence-electron chi connectivity index (χ3n) is 4.60. The molecule has 1 aliphatic rings. The fraction of sp³-hybridized carbons (Fsp3) is 0.238. The number of aryl methyl sites for hydroxylation is 2. The second-order valence-electron chi connectivity index (χ2n) is 6.38. The molecule has 0 atom stereocenters. The van der Waals surface area contributed by atoms with Gasteiger partial charge in [0.2, 0.25) is 0 Å². The molecule has 0 bridgehead atoms. The number of hydrogen-bond acceptors (Lipinski definition) is 4. The molecule has 0 saturated carbocycles. The maximum Gasteiger partial charge on any atom is 0.351 e. The number of hydrogen-bond donors (Lipinski definition) is 0. The van der Waals surface area contributed by atoms with Crippen molar-refractivity contribution in [3.63, 3.8) is 0 Å². The van der Waals surface area contributed by atoms with Crippen LogP contribution in [0.3, 0.4) is 0 Å². The minimum Gasteiger partial charge on any atom is -0.462 e. The molecule has 0 amide bonds. The lowest BCUT2D eigenvalue weighted by Crippen LogP contribution is -2.19. The smallest absolute Gasteiger partial charge is 0.351 e. The van der Waals surface area contributed by atoms with Crippen molar-refractivity contribution in [3.8, 4) is 11.3 Å². The summed E-state index contributed by atoms with van der Waals surface area (Å²) in [6.45, 7) is 2.69. The first-order valence-electron chi connectivity index (χ1n) is 8.73. The van der Waals surface area contributed by atoms with Gasteiger partial charge in [-0.2, -0.15) is 0 Å². The SMILES string of the molecule is CCOC(=O)c1cc2c(oc1=O)-c1cn(Cc3ccccc3)cc1CC2. The summed E-state index contributed by atoms with van der Waals surface area (Å²) >= 11 is 0. The molecule has 0 fully saturated rings. The Balaban J connectivity index is 1.70. The zero-order chi connectivity index (χ0) is 18.1. The fourth-order valence-corrected chi connectivity index (χ4v) is 3.39. The van der Waals surface area contributed by atoms with Crippen molar-refractivity contribution in [2.24, 2.45) is 0 Å². The van der Waals surface area contributed by atoms with E-state index < -0.39 is 11.6 Å². The number of fused-ring (bicyclic) bond motifs is 3. The first-order chi connectivity index (χ1) is 12.7. The van der Waals surface area contributed by atoms with E-state index in [0.717, 1.165) is 36.1 Å². The Morgan fingerprint density at radius 2 is 1.92 bits per heavy atom. The molecule has 1 aromatic carbocycles. The van der Waals surface area contributed by atoms with Crippen LogP contribution in [0.15, 0.2) is 58.0 Å². The predicted molar refractivity (Wildman–Crippen MR) is 97.3 cm³/mol.